The SMILES string of the molecule is NCC1(C(=O)Nc2ncccn2)CCCC1. The number of nitrogens with one attached hydrogen (secondary N) is 1. The fourth-order valence-electron chi connectivity index (χ4n) is 2.17. The van der Waals surface area contributed by atoms with E-state index in [1.807, 2.05) is 0 Å². The average Bonchev–Trinajstić information content (AvgIpc) is 2.80. The van der Waals surface area contributed by atoms with Gasteiger partial charge < -0.3 is 5.73 Å². The number of nitrogens with two attached hydrogens (primary N) is 1. The third-order valence-electron chi connectivity index (χ3n) is 3.22. The number of aromatic nitrogens is 2. The van der Waals surface area contributed by atoms with Crippen molar-refractivity contribution in [2.75, 3.05) is 11.9 Å². The molecular formula is C11H16N4O. The molecule has 86 valence electrons. The first-order chi connectivity index (χ1) is 7.77. The van der Waals surface area contributed by atoms with E-state index in [0.29, 0.717) is 12.5 Å². The minimum atomic E-state index is -0.404. The van der Waals surface area contributed by atoms with Crippen molar-refractivity contribution in [3.63, 3.8) is 0 Å². The molecule has 16 heavy (non-hydrogen) atoms. The standard InChI is InChI=1S/C11H16N4O/c12-8-11(4-1-2-5-11)9(16)15-10-13-6-3-7-14-10/h3,6-7H,1-2,4-5,8,12H2,(H,13,14,15,16). The highest BCUT2D eigenvalue weighted by Gasteiger charge is 2.40. The third-order valence-corrected chi connectivity index (χ3v) is 3.22. The lowest BCUT2D eigenvalue weighted by molar-refractivity contribution is -0.124. The van der Waals surface area contributed by atoms with Crippen LogP contribution < -0.4 is 11.1 Å². The first kappa shape index (κ1) is 11.0. The highest BCUT2D eigenvalue weighted by Crippen LogP contribution is 2.37. The zero-order valence-electron chi connectivity index (χ0n) is 9.15. The molecule has 1 aromatic heterocycles. The number of nitrogens with zero attached hydrogens (tertiary/aromatic N) is 2. The third kappa shape index (κ3) is 2.04. The molecule has 1 saturated carbocycles. The molecule has 0 radical (unpaired) electrons. The maximum absolute atomic E-state index is 12.1. The predicted molar refractivity (Wildman–Crippen MR) is 60.6 cm³/mol. The van der Waals surface area contributed by atoms with Gasteiger partial charge in [0.15, 0.2) is 0 Å². The van der Waals surface area contributed by atoms with Gasteiger partial charge in [-0.2, -0.15) is 0 Å². The molecule has 0 aromatic carbocycles. The number of amides is 1. The molecule has 5 heteroatoms. The van der Waals surface area contributed by atoms with Crippen molar-refractivity contribution in [2.24, 2.45) is 11.1 Å². The van der Waals surface area contributed by atoms with Gasteiger partial charge >= 0.3 is 0 Å². The molecule has 1 aromatic rings. The van der Waals surface area contributed by atoms with E-state index in [-0.39, 0.29) is 5.91 Å². The summed E-state index contributed by atoms with van der Waals surface area (Å²) in [5.74, 6) is 0.311. The predicted octanol–water partition coefficient (Wildman–Crippen LogP) is 0.934. The Morgan fingerprint density at radius 2 is 2.00 bits per heavy atom. The van der Waals surface area contributed by atoms with Crippen molar-refractivity contribution in [3.05, 3.63) is 18.5 Å². The van der Waals surface area contributed by atoms with Crippen molar-refractivity contribution < 1.29 is 4.79 Å². The van der Waals surface area contributed by atoms with Crippen LogP contribution in [0.15, 0.2) is 18.5 Å². The number of rotatable bonds is 3. The molecule has 0 bridgehead atoms. The maximum atomic E-state index is 12.1. The summed E-state index contributed by atoms with van der Waals surface area (Å²) in [6.45, 7) is 0.395. The first-order valence-electron chi connectivity index (χ1n) is 5.55. The Balaban J connectivity index is 2.07. The summed E-state index contributed by atoms with van der Waals surface area (Å²) in [4.78, 5) is 20.0. The zero-order valence-corrected chi connectivity index (χ0v) is 9.15. The van der Waals surface area contributed by atoms with Crippen molar-refractivity contribution >= 4 is 11.9 Å². The first-order valence-corrected chi connectivity index (χ1v) is 5.55. The van der Waals surface area contributed by atoms with Gasteiger partial charge in [-0.15, -0.1) is 0 Å². The second-order valence-electron chi connectivity index (χ2n) is 4.22. The zero-order chi connectivity index (χ0) is 11.4. The van der Waals surface area contributed by atoms with Gasteiger partial charge in [-0.05, 0) is 18.9 Å². The van der Waals surface area contributed by atoms with Crippen LogP contribution in [0, 0.1) is 5.41 Å². The van der Waals surface area contributed by atoms with E-state index >= 15 is 0 Å². The quantitative estimate of drug-likeness (QED) is 0.794. The second-order valence-corrected chi connectivity index (χ2v) is 4.22. The van der Waals surface area contributed by atoms with Gasteiger partial charge in [-0.3, -0.25) is 10.1 Å². The van der Waals surface area contributed by atoms with Crippen LogP contribution in [0.2, 0.25) is 0 Å². The van der Waals surface area contributed by atoms with E-state index in [1.165, 1.54) is 0 Å². The number of hydrogen-bond acceptors (Lipinski definition) is 4. The van der Waals surface area contributed by atoms with Crippen LogP contribution in [0.25, 0.3) is 0 Å². The Kier molecular flexibility index (Phi) is 3.14. The number of carbonyl (C=O) groups excluding carboxylic acids is 1. The highest BCUT2D eigenvalue weighted by molar-refractivity contribution is 5.94. The van der Waals surface area contributed by atoms with E-state index in [4.69, 9.17) is 5.73 Å². The molecular weight excluding hydrogens is 204 g/mol. The average molecular weight is 220 g/mol. The lowest BCUT2D eigenvalue weighted by atomic mass is 9.85. The summed E-state index contributed by atoms with van der Waals surface area (Å²) in [6.07, 6.45) is 7.07. The Bertz CT molecular complexity index is 360. The number of hydrogen-bond donors (Lipinski definition) is 2. The minimum Gasteiger partial charge on any atom is -0.329 e. The van der Waals surface area contributed by atoms with Crippen LogP contribution >= 0.6 is 0 Å². The molecule has 0 atom stereocenters. The molecule has 1 amide bonds. The molecule has 1 fully saturated rings. The summed E-state index contributed by atoms with van der Waals surface area (Å²) in [6, 6.07) is 1.71. The second kappa shape index (κ2) is 4.57. The summed E-state index contributed by atoms with van der Waals surface area (Å²) in [5.41, 5.74) is 5.32. The van der Waals surface area contributed by atoms with E-state index in [9.17, 15) is 4.79 Å². The van der Waals surface area contributed by atoms with Gasteiger partial charge in [0.25, 0.3) is 0 Å². The molecule has 3 N–H and O–H groups in total. The summed E-state index contributed by atoms with van der Waals surface area (Å²) in [7, 11) is 0. The van der Waals surface area contributed by atoms with Gasteiger partial charge in [0.05, 0.1) is 5.41 Å². The van der Waals surface area contributed by atoms with Gasteiger partial charge in [0.1, 0.15) is 0 Å². The highest BCUT2D eigenvalue weighted by atomic mass is 16.2. The molecule has 1 aliphatic rings. The Hall–Kier alpha value is -1.49. The van der Waals surface area contributed by atoms with Crippen molar-refractivity contribution in [2.45, 2.75) is 25.7 Å². The topological polar surface area (TPSA) is 80.9 Å². The normalized spacial score (nSPS) is 18.3. The number of anilines is 1. The van der Waals surface area contributed by atoms with Crippen LogP contribution in [0.4, 0.5) is 5.95 Å². The lowest BCUT2D eigenvalue weighted by Crippen LogP contribution is -2.40. The van der Waals surface area contributed by atoms with Crippen LogP contribution in [0.5, 0.6) is 0 Å². The van der Waals surface area contributed by atoms with Crippen LogP contribution in [0.3, 0.4) is 0 Å². The Morgan fingerprint density at radius 1 is 1.38 bits per heavy atom. The fraction of sp³-hybridized carbons (Fsp3) is 0.545. The number of carbonyl (C=O) groups is 1. The van der Waals surface area contributed by atoms with E-state index in [2.05, 4.69) is 15.3 Å². The van der Waals surface area contributed by atoms with Crippen molar-refractivity contribution in [3.8, 4) is 0 Å². The molecule has 5 nitrogen and oxygen atoms in total. The maximum Gasteiger partial charge on any atom is 0.234 e. The van der Waals surface area contributed by atoms with E-state index < -0.39 is 5.41 Å². The van der Waals surface area contributed by atoms with Gasteiger partial charge in [-0.25, -0.2) is 9.97 Å². The molecule has 1 aliphatic carbocycles. The summed E-state index contributed by atoms with van der Waals surface area (Å²) >= 11 is 0. The minimum absolute atomic E-state index is 0.0429. The molecule has 0 saturated heterocycles. The van der Waals surface area contributed by atoms with Crippen molar-refractivity contribution in [1.82, 2.24) is 9.97 Å². The van der Waals surface area contributed by atoms with Crippen molar-refractivity contribution in [1.29, 1.82) is 0 Å². The smallest absolute Gasteiger partial charge is 0.234 e. The Morgan fingerprint density at radius 3 is 2.56 bits per heavy atom. The molecule has 2 rings (SSSR count). The van der Waals surface area contributed by atoms with Gasteiger partial charge in [-0.1, -0.05) is 12.8 Å². The fourth-order valence-corrected chi connectivity index (χ4v) is 2.17. The molecule has 0 unspecified atom stereocenters. The van der Waals surface area contributed by atoms with Gasteiger partial charge in [0.2, 0.25) is 11.9 Å². The lowest BCUT2D eigenvalue weighted by Gasteiger charge is -2.24. The van der Waals surface area contributed by atoms with E-state index in [0.717, 1.165) is 25.7 Å². The van der Waals surface area contributed by atoms with Crippen LogP contribution in [-0.2, 0) is 4.79 Å². The monoisotopic (exact) mass is 220 g/mol. The Labute approximate surface area is 94.5 Å². The molecule has 1 heterocycles. The largest absolute Gasteiger partial charge is 0.329 e. The molecule has 0 spiro atoms. The van der Waals surface area contributed by atoms with Crippen LogP contribution in [0.1, 0.15) is 25.7 Å². The van der Waals surface area contributed by atoms with Gasteiger partial charge in [0, 0.05) is 18.9 Å². The van der Waals surface area contributed by atoms with Crippen LogP contribution in [-0.4, -0.2) is 22.4 Å². The summed E-state index contributed by atoms with van der Waals surface area (Å²) in [5, 5.41) is 2.73. The van der Waals surface area contributed by atoms with E-state index in [1.54, 1.807) is 18.5 Å². The molecule has 0 aliphatic heterocycles. The summed E-state index contributed by atoms with van der Waals surface area (Å²) < 4.78 is 0.